The van der Waals surface area contributed by atoms with Gasteiger partial charge in [-0.3, -0.25) is 9.69 Å². The highest BCUT2D eigenvalue weighted by Crippen LogP contribution is 2.44. The third-order valence-corrected chi connectivity index (χ3v) is 3.78. The van der Waals surface area contributed by atoms with Crippen molar-refractivity contribution in [3.63, 3.8) is 0 Å². The summed E-state index contributed by atoms with van der Waals surface area (Å²) in [6.45, 7) is 3.74. The van der Waals surface area contributed by atoms with Gasteiger partial charge in [0.2, 0.25) is 5.91 Å². The van der Waals surface area contributed by atoms with Gasteiger partial charge in [0.15, 0.2) is 0 Å². The third-order valence-electron chi connectivity index (χ3n) is 2.36. The Morgan fingerprint density at radius 3 is 2.86 bits per heavy atom. The predicted molar refractivity (Wildman–Crippen MR) is 59.5 cm³/mol. The van der Waals surface area contributed by atoms with E-state index >= 15 is 0 Å². The van der Waals surface area contributed by atoms with Crippen LogP contribution >= 0.6 is 11.8 Å². The minimum absolute atomic E-state index is 0.134. The van der Waals surface area contributed by atoms with E-state index in [1.54, 1.807) is 18.7 Å². The number of nitrogens with zero attached hydrogens (tertiary/aromatic N) is 1. The van der Waals surface area contributed by atoms with E-state index in [0.717, 1.165) is 12.1 Å². The van der Waals surface area contributed by atoms with Crippen LogP contribution in [0.25, 0.3) is 0 Å². The van der Waals surface area contributed by atoms with Gasteiger partial charge >= 0.3 is 0 Å². The fourth-order valence-corrected chi connectivity index (χ4v) is 3.02. The van der Waals surface area contributed by atoms with E-state index in [-0.39, 0.29) is 11.3 Å². The molecule has 1 aliphatic heterocycles. The lowest BCUT2D eigenvalue weighted by atomic mass is 10.2. The second-order valence-electron chi connectivity index (χ2n) is 3.34. The molecular weight excluding hydrogens is 194 g/mol. The molecule has 0 aromatic heterocycles. The van der Waals surface area contributed by atoms with E-state index in [0.29, 0.717) is 0 Å². The van der Waals surface area contributed by atoms with Gasteiger partial charge in [0.1, 0.15) is 0 Å². The number of hydrogen-bond donors (Lipinski definition) is 0. The maximum Gasteiger partial charge on any atom is 0.224 e. The molecule has 0 spiro atoms. The van der Waals surface area contributed by atoms with Gasteiger partial charge < -0.3 is 0 Å². The largest absolute Gasteiger partial charge is 0.299 e. The maximum absolute atomic E-state index is 11.5. The summed E-state index contributed by atoms with van der Waals surface area (Å²) in [6, 6.07) is 8.08. The Balaban J connectivity index is 2.42. The number of amides is 1. The van der Waals surface area contributed by atoms with Gasteiger partial charge in [0, 0.05) is 11.8 Å². The van der Waals surface area contributed by atoms with Crippen LogP contribution in [-0.2, 0) is 4.79 Å². The number of rotatable bonds is 1. The average molecular weight is 207 g/mol. The van der Waals surface area contributed by atoms with E-state index in [1.807, 2.05) is 23.1 Å². The molecule has 1 atom stereocenters. The molecule has 1 unspecified atom stereocenters. The summed E-state index contributed by atoms with van der Waals surface area (Å²) in [7, 11) is 0. The van der Waals surface area contributed by atoms with Crippen molar-refractivity contribution in [1.82, 2.24) is 0 Å². The number of hydrogen-bond acceptors (Lipinski definition) is 2. The van der Waals surface area contributed by atoms with E-state index in [9.17, 15) is 4.79 Å². The second kappa shape index (κ2) is 3.65. The number of para-hydroxylation sites is 1. The van der Waals surface area contributed by atoms with Gasteiger partial charge in [-0.1, -0.05) is 30.8 Å². The summed E-state index contributed by atoms with van der Waals surface area (Å²) in [5, 5.41) is 0.282. The highest BCUT2D eigenvalue weighted by molar-refractivity contribution is 8.00. The lowest BCUT2D eigenvalue weighted by molar-refractivity contribution is -0.116. The average Bonchev–Trinajstić information content (AvgIpc) is 2.55. The van der Waals surface area contributed by atoms with Crippen LogP contribution in [0.1, 0.15) is 20.3 Å². The van der Waals surface area contributed by atoms with Crippen LogP contribution in [0.3, 0.4) is 0 Å². The van der Waals surface area contributed by atoms with E-state index < -0.39 is 0 Å². The first-order chi connectivity index (χ1) is 6.74. The second-order valence-corrected chi connectivity index (χ2v) is 4.56. The molecule has 0 N–H and O–H groups in total. The Labute approximate surface area is 88.3 Å². The molecule has 2 rings (SSSR count). The molecule has 0 fully saturated rings. The molecule has 1 aromatic rings. The van der Waals surface area contributed by atoms with Crippen molar-refractivity contribution >= 4 is 23.4 Å². The van der Waals surface area contributed by atoms with Crippen molar-refractivity contribution in [2.24, 2.45) is 0 Å². The lowest BCUT2D eigenvalue weighted by Crippen LogP contribution is -2.33. The zero-order chi connectivity index (χ0) is 10.1. The number of fused-ring (bicyclic) bond motifs is 1. The molecule has 14 heavy (non-hydrogen) atoms. The number of benzene rings is 1. The van der Waals surface area contributed by atoms with Crippen LogP contribution in [0.2, 0.25) is 0 Å². The Hall–Kier alpha value is -0.960. The van der Waals surface area contributed by atoms with Crippen LogP contribution < -0.4 is 4.90 Å². The van der Waals surface area contributed by atoms with Gasteiger partial charge in [-0.25, -0.2) is 0 Å². The summed E-state index contributed by atoms with van der Waals surface area (Å²) in [4.78, 5) is 14.6. The first-order valence-corrected chi connectivity index (χ1v) is 5.67. The van der Waals surface area contributed by atoms with E-state index in [2.05, 4.69) is 13.0 Å². The molecule has 3 heteroatoms. The van der Waals surface area contributed by atoms with Crippen molar-refractivity contribution in [1.29, 1.82) is 0 Å². The molecule has 1 amide bonds. The van der Waals surface area contributed by atoms with Crippen molar-refractivity contribution in [2.45, 2.75) is 30.5 Å². The minimum Gasteiger partial charge on any atom is -0.299 e. The van der Waals surface area contributed by atoms with Gasteiger partial charge in [-0.2, -0.15) is 0 Å². The fraction of sp³-hybridized carbons (Fsp3) is 0.364. The van der Waals surface area contributed by atoms with Crippen LogP contribution in [0.15, 0.2) is 29.2 Å². The summed E-state index contributed by atoms with van der Waals surface area (Å²) in [5.41, 5.74) is 1.07. The molecule has 0 saturated carbocycles. The van der Waals surface area contributed by atoms with Gasteiger partial charge in [-0.05, 0) is 18.6 Å². The molecule has 2 nitrogen and oxygen atoms in total. The molecule has 74 valence electrons. The maximum atomic E-state index is 11.5. The Bertz CT molecular complexity index is 364. The van der Waals surface area contributed by atoms with Crippen molar-refractivity contribution in [2.75, 3.05) is 4.90 Å². The number of thioether (sulfide) groups is 1. The van der Waals surface area contributed by atoms with Gasteiger partial charge in [0.05, 0.1) is 11.1 Å². The van der Waals surface area contributed by atoms with Crippen LogP contribution in [-0.4, -0.2) is 11.3 Å². The molecule has 1 heterocycles. The molecule has 1 aromatic carbocycles. The fourth-order valence-electron chi connectivity index (χ4n) is 1.75. The number of carbonyl (C=O) groups is 1. The highest BCUT2D eigenvalue weighted by atomic mass is 32.2. The van der Waals surface area contributed by atoms with Crippen molar-refractivity contribution < 1.29 is 4.79 Å². The van der Waals surface area contributed by atoms with Crippen LogP contribution in [0.4, 0.5) is 5.69 Å². The van der Waals surface area contributed by atoms with Crippen LogP contribution in [0, 0.1) is 0 Å². The SMILES string of the molecule is CCC1Sc2ccccc2N1C(C)=O. The topological polar surface area (TPSA) is 20.3 Å². The third kappa shape index (κ3) is 1.42. The highest BCUT2D eigenvalue weighted by Gasteiger charge is 2.30. The number of anilines is 1. The molecule has 0 saturated heterocycles. The van der Waals surface area contributed by atoms with Gasteiger partial charge in [-0.15, -0.1) is 0 Å². The molecule has 0 radical (unpaired) electrons. The Morgan fingerprint density at radius 2 is 2.21 bits per heavy atom. The summed E-state index contributed by atoms with van der Waals surface area (Å²) < 4.78 is 0. The number of carbonyl (C=O) groups excluding carboxylic acids is 1. The Kier molecular flexibility index (Phi) is 2.50. The lowest BCUT2D eigenvalue weighted by Gasteiger charge is -2.21. The van der Waals surface area contributed by atoms with Crippen LogP contribution in [0.5, 0.6) is 0 Å². The standard InChI is InChI=1S/C11H13NOS/c1-3-11-12(8(2)13)9-6-4-5-7-10(9)14-11/h4-7,11H,3H2,1-2H3. The van der Waals surface area contributed by atoms with Crippen molar-refractivity contribution in [3.05, 3.63) is 24.3 Å². The summed E-state index contributed by atoms with van der Waals surface area (Å²) in [6.07, 6.45) is 0.985. The summed E-state index contributed by atoms with van der Waals surface area (Å²) in [5.74, 6) is 0.134. The molecule has 0 bridgehead atoms. The monoisotopic (exact) mass is 207 g/mol. The minimum atomic E-state index is 0.134. The molecular formula is C11H13NOS. The zero-order valence-corrected chi connectivity index (χ0v) is 9.17. The molecule has 1 aliphatic rings. The quantitative estimate of drug-likeness (QED) is 0.705. The summed E-state index contributed by atoms with van der Waals surface area (Å²) >= 11 is 1.78. The first kappa shape index (κ1) is 9.59. The Morgan fingerprint density at radius 1 is 1.50 bits per heavy atom. The predicted octanol–water partition coefficient (Wildman–Crippen LogP) is 2.88. The first-order valence-electron chi connectivity index (χ1n) is 4.79. The zero-order valence-electron chi connectivity index (χ0n) is 8.36. The normalized spacial score (nSPS) is 19.6. The molecule has 0 aliphatic carbocycles. The van der Waals surface area contributed by atoms with Crippen molar-refractivity contribution in [3.8, 4) is 0 Å². The smallest absolute Gasteiger partial charge is 0.224 e. The van der Waals surface area contributed by atoms with E-state index in [4.69, 9.17) is 0 Å². The van der Waals surface area contributed by atoms with E-state index in [1.165, 1.54) is 4.90 Å². The van der Waals surface area contributed by atoms with Gasteiger partial charge in [0.25, 0.3) is 0 Å².